The Morgan fingerprint density at radius 2 is 1.86 bits per heavy atom. The average Bonchev–Trinajstić information content (AvgIpc) is 2.78. The maximum atomic E-state index is 12.2. The Kier molecular flexibility index (Phi) is 4.13. The lowest BCUT2D eigenvalue weighted by atomic mass is 10.1. The summed E-state index contributed by atoms with van der Waals surface area (Å²) in [6.07, 6.45) is 1.31. The highest BCUT2D eigenvalue weighted by Gasteiger charge is 2.18. The number of anilines is 1. The van der Waals surface area contributed by atoms with Crippen LogP contribution in [-0.2, 0) is 7.05 Å². The summed E-state index contributed by atoms with van der Waals surface area (Å²) in [5.41, 5.74) is 2.79. The molecule has 0 unspecified atom stereocenters. The minimum Gasteiger partial charge on any atom is -0.340 e. The molecule has 2 aromatic rings. The summed E-state index contributed by atoms with van der Waals surface area (Å²) in [5.74, 6) is -0.383. The first-order valence-corrected chi connectivity index (χ1v) is 6.97. The lowest BCUT2D eigenvalue weighted by Gasteiger charge is -2.10. The number of hydrogen-bond donors (Lipinski definition) is 1. The second-order valence-corrected chi connectivity index (χ2v) is 5.62. The van der Waals surface area contributed by atoms with Crippen LogP contribution in [0.3, 0.4) is 0 Å². The van der Waals surface area contributed by atoms with E-state index in [1.165, 1.54) is 16.8 Å². The summed E-state index contributed by atoms with van der Waals surface area (Å²) in [6, 6.07) is 4.94. The number of nitrogens with one attached hydrogen (secondary N) is 1. The normalized spacial score (nSPS) is 10.5. The second-order valence-electron chi connectivity index (χ2n) is 4.83. The molecule has 0 aliphatic carbocycles. The van der Waals surface area contributed by atoms with Gasteiger partial charge in [0.2, 0.25) is 0 Å². The van der Waals surface area contributed by atoms with E-state index >= 15 is 0 Å². The first kappa shape index (κ1) is 15.2. The van der Waals surface area contributed by atoms with Crippen molar-refractivity contribution in [3.63, 3.8) is 0 Å². The summed E-state index contributed by atoms with van der Waals surface area (Å²) in [7, 11) is 1.60. The van der Waals surface area contributed by atoms with Gasteiger partial charge in [-0.05, 0) is 37.1 Å². The van der Waals surface area contributed by atoms with Crippen molar-refractivity contribution in [2.45, 2.75) is 13.8 Å². The van der Waals surface area contributed by atoms with Gasteiger partial charge in [-0.2, -0.15) is 0 Å². The molecule has 1 heterocycles. The molecule has 7 heteroatoms. The van der Waals surface area contributed by atoms with Crippen molar-refractivity contribution >= 4 is 33.2 Å². The van der Waals surface area contributed by atoms with E-state index in [4.69, 9.17) is 0 Å². The Labute approximate surface area is 130 Å². The van der Waals surface area contributed by atoms with Gasteiger partial charge in [-0.15, -0.1) is 0 Å². The van der Waals surface area contributed by atoms with Gasteiger partial charge in [-0.3, -0.25) is 14.9 Å². The van der Waals surface area contributed by atoms with E-state index in [0.29, 0.717) is 5.69 Å². The summed E-state index contributed by atoms with van der Waals surface area (Å²) >= 11 is 3.46. The number of aryl methyl sites for hydroxylation is 3. The maximum absolute atomic E-state index is 12.2. The minimum atomic E-state index is -0.523. The fraction of sp³-hybridized carbons (Fsp3) is 0.214. The molecule has 0 aliphatic heterocycles. The number of carbonyl (C=O) groups excluding carboxylic acids is 1. The van der Waals surface area contributed by atoms with E-state index in [0.717, 1.165) is 15.6 Å². The van der Waals surface area contributed by atoms with Crippen LogP contribution in [0, 0.1) is 24.0 Å². The Balaban J connectivity index is 2.28. The lowest BCUT2D eigenvalue weighted by molar-refractivity contribution is -0.384. The number of aromatic nitrogens is 1. The van der Waals surface area contributed by atoms with Crippen molar-refractivity contribution < 1.29 is 9.72 Å². The zero-order valence-corrected chi connectivity index (χ0v) is 13.4. The van der Waals surface area contributed by atoms with E-state index in [1.807, 2.05) is 26.0 Å². The fourth-order valence-corrected chi connectivity index (χ4v) is 2.31. The molecule has 2 rings (SSSR count). The topological polar surface area (TPSA) is 77.2 Å². The number of hydrogen-bond acceptors (Lipinski definition) is 3. The van der Waals surface area contributed by atoms with E-state index < -0.39 is 4.92 Å². The van der Waals surface area contributed by atoms with Gasteiger partial charge in [0.15, 0.2) is 0 Å². The summed E-state index contributed by atoms with van der Waals surface area (Å²) in [5, 5.41) is 13.5. The molecule has 21 heavy (non-hydrogen) atoms. The molecule has 1 aromatic heterocycles. The molecular formula is C14H14BrN3O3. The highest BCUT2D eigenvalue weighted by atomic mass is 79.9. The molecule has 0 radical (unpaired) electrons. The number of rotatable bonds is 3. The van der Waals surface area contributed by atoms with Gasteiger partial charge >= 0.3 is 0 Å². The van der Waals surface area contributed by atoms with Crippen molar-refractivity contribution in [1.82, 2.24) is 4.57 Å². The predicted octanol–water partition coefficient (Wildman–Crippen LogP) is 3.56. The Hall–Kier alpha value is -2.15. The van der Waals surface area contributed by atoms with Crippen molar-refractivity contribution in [2.24, 2.45) is 7.05 Å². The number of nitro groups is 1. The van der Waals surface area contributed by atoms with Crippen molar-refractivity contribution in [3.05, 3.63) is 55.8 Å². The Morgan fingerprint density at radius 3 is 2.33 bits per heavy atom. The van der Waals surface area contributed by atoms with E-state index in [-0.39, 0.29) is 17.3 Å². The van der Waals surface area contributed by atoms with Crippen LogP contribution >= 0.6 is 15.9 Å². The van der Waals surface area contributed by atoms with Gasteiger partial charge < -0.3 is 9.88 Å². The quantitative estimate of drug-likeness (QED) is 0.678. The van der Waals surface area contributed by atoms with Crippen molar-refractivity contribution in [2.75, 3.05) is 5.32 Å². The van der Waals surface area contributed by atoms with Crippen LogP contribution in [-0.4, -0.2) is 15.4 Å². The predicted molar refractivity (Wildman–Crippen MR) is 83.6 cm³/mol. The Bertz CT molecular complexity index is 714. The molecule has 0 spiro atoms. The molecule has 0 aliphatic rings. The number of benzene rings is 1. The zero-order valence-electron chi connectivity index (χ0n) is 11.8. The summed E-state index contributed by atoms with van der Waals surface area (Å²) < 4.78 is 2.43. The number of amides is 1. The van der Waals surface area contributed by atoms with Crippen molar-refractivity contribution in [3.8, 4) is 0 Å². The minimum absolute atomic E-state index is 0.106. The SMILES string of the molecule is Cc1cc(NC(=O)c2cc([N+](=O)[O-])cn2C)cc(C)c1Br. The monoisotopic (exact) mass is 351 g/mol. The number of carbonyl (C=O) groups is 1. The molecule has 0 fully saturated rings. The first-order valence-electron chi connectivity index (χ1n) is 6.18. The van der Waals surface area contributed by atoms with Crippen LogP contribution in [0.15, 0.2) is 28.9 Å². The summed E-state index contributed by atoms with van der Waals surface area (Å²) in [4.78, 5) is 22.4. The fourth-order valence-electron chi connectivity index (χ4n) is 2.09. The molecular weight excluding hydrogens is 338 g/mol. The van der Waals surface area contributed by atoms with Crippen LogP contribution in [0.2, 0.25) is 0 Å². The van der Waals surface area contributed by atoms with Crippen LogP contribution < -0.4 is 5.32 Å². The van der Waals surface area contributed by atoms with Gasteiger partial charge in [0, 0.05) is 23.3 Å². The number of halogens is 1. The first-order chi connectivity index (χ1) is 9.79. The summed E-state index contributed by atoms with van der Waals surface area (Å²) in [6.45, 7) is 3.86. The molecule has 1 amide bonds. The molecule has 110 valence electrons. The molecule has 6 nitrogen and oxygen atoms in total. The molecule has 1 aromatic carbocycles. The second kappa shape index (κ2) is 5.69. The smallest absolute Gasteiger partial charge is 0.287 e. The molecule has 0 saturated carbocycles. The third kappa shape index (κ3) is 3.13. The average molecular weight is 352 g/mol. The van der Waals surface area contributed by atoms with Crippen LogP contribution in [0.1, 0.15) is 21.6 Å². The van der Waals surface area contributed by atoms with Crippen molar-refractivity contribution in [1.29, 1.82) is 0 Å². The third-order valence-corrected chi connectivity index (χ3v) is 4.38. The van der Waals surface area contributed by atoms with Gasteiger partial charge in [-0.25, -0.2) is 0 Å². The standard InChI is InChI=1S/C14H14BrN3O3/c1-8-4-10(5-9(2)13(8)15)16-14(19)12-6-11(18(20)21)7-17(12)3/h4-7H,1-3H3,(H,16,19). The van der Waals surface area contributed by atoms with Gasteiger partial charge in [-0.1, -0.05) is 15.9 Å². The van der Waals surface area contributed by atoms with Crippen LogP contribution in [0.5, 0.6) is 0 Å². The highest BCUT2D eigenvalue weighted by Crippen LogP contribution is 2.25. The largest absolute Gasteiger partial charge is 0.340 e. The lowest BCUT2D eigenvalue weighted by Crippen LogP contribution is -2.15. The zero-order chi connectivity index (χ0) is 15.7. The van der Waals surface area contributed by atoms with Gasteiger partial charge in [0.1, 0.15) is 5.69 Å². The van der Waals surface area contributed by atoms with E-state index in [2.05, 4.69) is 21.2 Å². The van der Waals surface area contributed by atoms with E-state index in [9.17, 15) is 14.9 Å². The molecule has 1 N–H and O–H groups in total. The van der Waals surface area contributed by atoms with Crippen LogP contribution in [0.4, 0.5) is 11.4 Å². The maximum Gasteiger partial charge on any atom is 0.287 e. The number of nitrogens with zero attached hydrogens (tertiary/aromatic N) is 2. The highest BCUT2D eigenvalue weighted by molar-refractivity contribution is 9.10. The van der Waals surface area contributed by atoms with Gasteiger partial charge in [0.25, 0.3) is 11.6 Å². The molecule has 0 atom stereocenters. The third-order valence-electron chi connectivity index (χ3n) is 3.13. The molecule has 0 saturated heterocycles. The van der Waals surface area contributed by atoms with Gasteiger partial charge in [0.05, 0.1) is 11.1 Å². The van der Waals surface area contributed by atoms with Crippen LogP contribution in [0.25, 0.3) is 0 Å². The van der Waals surface area contributed by atoms with E-state index in [1.54, 1.807) is 7.05 Å². The Morgan fingerprint density at radius 1 is 1.29 bits per heavy atom. The molecule has 0 bridgehead atoms.